The normalized spacial score (nSPS) is 22.7. The summed E-state index contributed by atoms with van der Waals surface area (Å²) < 4.78 is 23.6. The molecule has 4 amide bonds. The number of nitrogens with one attached hydrogen (secondary N) is 4. The Labute approximate surface area is 379 Å². The Morgan fingerprint density at radius 3 is 1.37 bits per heavy atom. The van der Waals surface area contributed by atoms with E-state index in [-0.39, 0.29) is 38.0 Å². The van der Waals surface area contributed by atoms with Crippen LogP contribution in [0.15, 0.2) is 122 Å². The fourth-order valence-electron chi connectivity index (χ4n) is 11.7. The molecule has 0 saturated heterocycles. The second-order valence-corrected chi connectivity index (χ2v) is 21.7. The van der Waals surface area contributed by atoms with Gasteiger partial charge in [-0.1, -0.05) is 97.1 Å². The predicted octanol–water partition coefficient (Wildman–Crippen LogP) is 7.36. The number of benzene rings is 4. The van der Waals surface area contributed by atoms with Gasteiger partial charge in [0.05, 0.1) is 17.4 Å². The van der Waals surface area contributed by atoms with Crippen LogP contribution in [0.3, 0.4) is 0 Å². The smallest absolute Gasteiger partial charge is 0.240 e. The highest BCUT2D eigenvalue weighted by molar-refractivity contribution is 7.59. The summed E-state index contributed by atoms with van der Waals surface area (Å²) in [7, 11) is -3.94. The maximum absolute atomic E-state index is 16.4. The van der Waals surface area contributed by atoms with Crippen LogP contribution in [0.25, 0.3) is 21.8 Å². The first-order valence-electron chi connectivity index (χ1n) is 23.1. The highest BCUT2D eigenvalue weighted by Crippen LogP contribution is 2.64. The van der Waals surface area contributed by atoms with Crippen LogP contribution in [0.1, 0.15) is 60.8 Å². The Bertz CT molecular complexity index is 2520. The third-order valence-electron chi connectivity index (χ3n) is 14.2. The molecule has 4 aromatic carbocycles. The fraction of sp³-hybridized carbons (Fsp3) is 0.385. The summed E-state index contributed by atoms with van der Waals surface area (Å²) in [4.78, 5) is 62.4. The van der Waals surface area contributed by atoms with Gasteiger partial charge in [-0.05, 0) is 104 Å². The highest BCUT2D eigenvalue weighted by atomic mass is 31.2. The molecule has 4 aliphatic carbocycles. The van der Waals surface area contributed by atoms with Crippen molar-refractivity contribution in [2.75, 3.05) is 12.3 Å². The molecule has 338 valence electrons. The largest absolute Gasteiger partial charge is 0.368 e. The number of aromatic nitrogens is 2. The number of para-hydroxylation sites is 2. The van der Waals surface area contributed by atoms with Crippen LogP contribution in [0.4, 0.5) is 0 Å². The Hall–Kier alpha value is -5.97. The van der Waals surface area contributed by atoms with Gasteiger partial charge in [0.1, 0.15) is 12.1 Å². The number of rotatable bonds is 20. The molecule has 2 heterocycles. The lowest BCUT2D eigenvalue weighted by atomic mass is 9.54. The minimum Gasteiger partial charge on any atom is -0.368 e. The summed E-state index contributed by atoms with van der Waals surface area (Å²) in [6, 6.07) is 32.4. The van der Waals surface area contributed by atoms with Gasteiger partial charge in [-0.25, -0.2) is 0 Å². The lowest BCUT2D eigenvalue weighted by molar-refractivity contribution is -0.130. The van der Waals surface area contributed by atoms with E-state index in [0.717, 1.165) is 82.6 Å². The lowest BCUT2D eigenvalue weighted by Crippen LogP contribution is -2.52. The number of aromatic amines is 2. The molecule has 12 nitrogen and oxygen atoms in total. The van der Waals surface area contributed by atoms with Gasteiger partial charge in [0, 0.05) is 59.4 Å². The van der Waals surface area contributed by atoms with Gasteiger partial charge in [0.25, 0.3) is 0 Å². The average molecular weight is 895 g/mol. The zero-order valence-corrected chi connectivity index (χ0v) is 37.5. The molecule has 4 bridgehead atoms. The monoisotopic (exact) mass is 894 g/mol. The van der Waals surface area contributed by atoms with Crippen LogP contribution < -0.4 is 22.1 Å². The Kier molecular flexibility index (Phi) is 12.8. The number of hydrogen-bond acceptors (Lipinski definition) is 6. The number of fused-ring (bicyclic) bond motifs is 2. The summed E-state index contributed by atoms with van der Waals surface area (Å²) in [5.41, 5.74) is 16.5. The molecule has 4 saturated carbocycles. The van der Waals surface area contributed by atoms with Gasteiger partial charge in [-0.2, -0.15) is 0 Å². The van der Waals surface area contributed by atoms with Gasteiger partial charge >= 0.3 is 0 Å². The lowest BCUT2D eigenvalue weighted by Gasteiger charge is -2.57. The number of amides is 4. The van der Waals surface area contributed by atoms with Crippen LogP contribution in [-0.4, -0.2) is 63.6 Å². The maximum Gasteiger partial charge on any atom is 0.240 e. The molecule has 4 aliphatic rings. The van der Waals surface area contributed by atoms with Crippen molar-refractivity contribution in [1.82, 2.24) is 20.6 Å². The summed E-state index contributed by atoms with van der Waals surface area (Å²) in [5.74, 6) is -2.72. The Morgan fingerprint density at radius 1 is 0.585 bits per heavy atom. The van der Waals surface area contributed by atoms with Crippen LogP contribution in [0.5, 0.6) is 0 Å². The minimum atomic E-state index is -3.94. The predicted molar refractivity (Wildman–Crippen MR) is 253 cm³/mol. The first-order valence-corrected chi connectivity index (χ1v) is 25.1. The van der Waals surface area contributed by atoms with Gasteiger partial charge in [-0.15, -0.1) is 0 Å². The third-order valence-corrected chi connectivity index (χ3v) is 17.0. The van der Waals surface area contributed by atoms with E-state index in [0.29, 0.717) is 17.8 Å². The summed E-state index contributed by atoms with van der Waals surface area (Å²) in [6.07, 6.45) is 9.83. The molecule has 2 unspecified atom stereocenters. The molecule has 6 aromatic rings. The van der Waals surface area contributed by atoms with Crippen molar-refractivity contribution in [3.05, 3.63) is 144 Å². The molecule has 2 aromatic heterocycles. The Balaban J connectivity index is 1.05. The summed E-state index contributed by atoms with van der Waals surface area (Å²) in [6.45, 7) is 0. The molecule has 8 N–H and O–H groups in total. The molecule has 65 heavy (non-hydrogen) atoms. The van der Waals surface area contributed by atoms with E-state index in [1.807, 2.05) is 122 Å². The minimum absolute atomic E-state index is 0.156. The number of carbonyl (C=O) groups is 4. The van der Waals surface area contributed by atoms with Crippen molar-refractivity contribution in [3.8, 4) is 0 Å². The number of hydrogen-bond donors (Lipinski definition) is 6. The molecule has 4 atom stereocenters. The molecule has 13 heteroatoms. The quantitative estimate of drug-likeness (QED) is 0.0433. The maximum atomic E-state index is 16.4. The van der Waals surface area contributed by atoms with E-state index >= 15 is 4.57 Å². The van der Waals surface area contributed by atoms with E-state index < -0.39 is 60.5 Å². The van der Waals surface area contributed by atoms with Gasteiger partial charge in [-0.3, -0.25) is 23.7 Å². The zero-order valence-electron chi connectivity index (χ0n) is 36.6. The molecule has 0 radical (unpaired) electrons. The van der Waals surface area contributed by atoms with Crippen molar-refractivity contribution in [2.24, 2.45) is 41.1 Å². The Morgan fingerprint density at radius 2 is 0.969 bits per heavy atom. The standard InChI is InChI=1S/C52H59N6O6P/c53-48(59)46(24-38-29-55-44-17-9-7-15-42(38)44)57-50(61)40(22-33-11-3-1-4-12-33)31-65(63,64-52-26-35-19-36(27-52)21-37(20-35)28-52)32-41(23-34-13-5-2-6-14-34)51(62)58-47(49(54)60)25-39-30-56-45-18-10-8-16-43(39)45/h1-18,29-30,35-37,40-41,46-47,55-56H,19-28,31-32H2,(H2,53,59)(H2,54,60)(H,57,61)(H,58,62)/t35?,36?,37?,40?,41?,46-,47-,52?,65?/m0/s1. The summed E-state index contributed by atoms with van der Waals surface area (Å²) >= 11 is 0. The first kappa shape index (κ1) is 44.2. The van der Waals surface area contributed by atoms with E-state index in [4.69, 9.17) is 16.0 Å². The van der Waals surface area contributed by atoms with Crippen LogP contribution in [0.2, 0.25) is 0 Å². The van der Waals surface area contributed by atoms with Crippen molar-refractivity contribution in [1.29, 1.82) is 0 Å². The van der Waals surface area contributed by atoms with Crippen molar-refractivity contribution < 1.29 is 28.3 Å². The van der Waals surface area contributed by atoms with E-state index in [9.17, 15) is 19.2 Å². The zero-order chi connectivity index (χ0) is 45.1. The second kappa shape index (κ2) is 18.9. The summed E-state index contributed by atoms with van der Waals surface area (Å²) in [5, 5.41) is 7.79. The van der Waals surface area contributed by atoms with Crippen LogP contribution in [0, 0.1) is 29.6 Å². The van der Waals surface area contributed by atoms with E-state index in [2.05, 4.69) is 20.6 Å². The van der Waals surface area contributed by atoms with Crippen LogP contribution in [-0.2, 0) is 54.0 Å². The highest BCUT2D eigenvalue weighted by Gasteiger charge is 2.55. The molecular weight excluding hydrogens is 836 g/mol. The fourth-order valence-corrected chi connectivity index (χ4v) is 14.8. The van der Waals surface area contributed by atoms with Crippen molar-refractivity contribution in [3.63, 3.8) is 0 Å². The molecule has 0 aliphatic heterocycles. The first-order chi connectivity index (χ1) is 31.4. The van der Waals surface area contributed by atoms with Crippen molar-refractivity contribution >= 4 is 52.8 Å². The average Bonchev–Trinajstić information content (AvgIpc) is 3.89. The number of H-pyrrole nitrogens is 2. The topological polar surface area (TPSA) is 202 Å². The van der Waals surface area contributed by atoms with Gasteiger partial charge < -0.3 is 36.6 Å². The SMILES string of the molecule is NC(=O)[C@H](Cc1c[nH]c2ccccc12)NC(=O)C(Cc1ccccc1)CP(=O)(CC(Cc1ccccc1)C(=O)N[C@@H](Cc1c[nH]c2ccccc12)C(N)=O)OC12CC3CC(CC(C3)C1)C2. The molecule has 4 fully saturated rings. The van der Waals surface area contributed by atoms with Gasteiger partial charge in [0.2, 0.25) is 31.0 Å². The second-order valence-electron chi connectivity index (χ2n) is 19.2. The molecule has 0 spiro atoms. The molecular formula is C52H59N6O6P. The molecule has 10 rings (SSSR count). The number of nitrogens with two attached hydrogens (primary N) is 2. The number of carbonyl (C=O) groups excluding carboxylic acids is 4. The number of primary amides is 2. The van der Waals surface area contributed by atoms with Gasteiger partial charge in [0.15, 0.2) is 0 Å². The van der Waals surface area contributed by atoms with E-state index in [1.165, 1.54) is 0 Å². The van der Waals surface area contributed by atoms with Crippen LogP contribution >= 0.6 is 7.37 Å². The van der Waals surface area contributed by atoms with Crippen molar-refractivity contribution in [2.45, 2.75) is 81.9 Å². The third kappa shape index (κ3) is 10.3. The van der Waals surface area contributed by atoms with E-state index in [1.54, 1.807) is 0 Å².